The molecule has 0 radical (unpaired) electrons. The maximum absolute atomic E-state index is 13.9. The fraction of sp³-hybridized carbons (Fsp3) is 0.600. The summed E-state index contributed by atoms with van der Waals surface area (Å²) in [6, 6.07) is 2.54. The van der Waals surface area contributed by atoms with E-state index in [0.717, 1.165) is 31.4 Å². The standard InChI is InChI=1S/C20H25F2N3O4S/c21-16-2-3-18(17(22)13-16)30(26,27)25-9-5-14(6-10-25)1-4-19-23-20(29-24-19)15-7-11-28-12-8-15/h2-3,13-15H,1,4-12H2. The lowest BCUT2D eigenvalue weighted by molar-refractivity contribution is 0.0778. The molecule has 10 heteroatoms. The largest absolute Gasteiger partial charge is 0.381 e. The Hall–Kier alpha value is -1.91. The number of aromatic nitrogens is 2. The Balaban J connectivity index is 1.29. The number of hydrogen-bond donors (Lipinski definition) is 0. The summed E-state index contributed by atoms with van der Waals surface area (Å²) in [6.07, 6.45) is 4.65. The minimum atomic E-state index is -3.97. The summed E-state index contributed by atoms with van der Waals surface area (Å²) >= 11 is 0. The van der Waals surface area contributed by atoms with Crippen LogP contribution in [0.3, 0.4) is 0 Å². The second kappa shape index (κ2) is 9.07. The highest BCUT2D eigenvalue weighted by Crippen LogP contribution is 2.29. The highest BCUT2D eigenvalue weighted by atomic mass is 32.2. The van der Waals surface area contributed by atoms with Crippen LogP contribution in [-0.4, -0.2) is 49.2 Å². The maximum atomic E-state index is 13.9. The summed E-state index contributed by atoms with van der Waals surface area (Å²) in [6.45, 7) is 2.05. The topological polar surface area (TPSA) is 85.5 Å². The number of benzene rings is 1. The number of halogens is 2. The molecule has 2 fully saturated rings. The Morgan fingerprint density at radius 3 is 2.53 bits per heavy atom. The van der Waals surface area contributed by atoms with E-state index in [0.29, 0.717) is 69.3 Å². The number of sulfonamides is 1. The van der Waals surface area contributed by atoms with Gasteiger partial charge in [0.15, 0.2) is 5.82 Å². The molecule has 0 aliphatic carbocycles. The summed E-state index contributed by atoms with van der Waals surface area (Å²) in [5, 5.41) is 4.08. The zero-order chi connectivity index (χ0) is 21.1. The molecule has 2 aromatic rings. The minimum absolute atomic E-state index is 0.264. The van der Waals surface area contributed by atoms with E-state index in [1.165, 1.54) is 4.31 Å². The first kappa shape index (κ1) is 21.3. The van der Waals surface area contributed by atoms with Crippen molar-refractivity contribution in [1.29, 1.82) is 0 Å². The van der Waals surface area contributed by atoms with Crippen LogP contribution in [0.4, 0.5) is 8.78 Å². The van der Waals surface area contributed by atoms with Crippen LogP contribution in [0.1, 0.15) is 49.7 Å². The van der Waals surface area contributed by atoms with Crippen molar-refractivity contribution in [3.8, 4) is 0 Å². The fourth-order valence-corrected chi connectivity index (χ4v) is 5.59. The molecule has 0 spiro atoms. The normalized spacial score (nSPS) is 19.9. The third kappa shape index (κ3) is 4.70. The molecule has 0 atom stereocenters. The predicted octanol–water partition coefficient (Wildman–Crippen LogP) is 3.28. The summed E-state index contributed by atoms with van der Waals surface area (Å²) in [7, 11) is -3.97. The molecular formula is C20H25F2N3O4S. The number of aryl methyl sites for hydroxylation is 1. The highest BCUT2D eigenvalue weighted by Gasteiger charge is 2.31. The lowest BCUT2D eigenvalue weighted by Gasteiger charge is -2.31. The lowest BCUT2D eigenvalue weighted by Crippen LogP contribution is -2.38. The van der Waals surface area contributed by atoms with Gasteiger partial charge in [-0.15, -0.1) is 0 Å². The summed E-state index contributed by atoms with van der Waals surface area (Å²) in [5.41, 5.74) is 0. The van der Waals surface area contributed by atoms with E-state index in [2.05, 4.69) is 10.1 Å². The Bertz CT molecular complexity index is 968. The zero-order valence-electron chi connectivity index (χ0n) is 16.6. The van der Waals surface area contributed by atoms with E-state index in [4.69, 9.17) is 9.26 Å². The van der Waals surface area contributed by atoms with Gasteiger partial charge >= 0.3 is 0 Å². The number of hydrogen-bond acceptors (Lipinski definition) is 6. The van der Waals surface area contributed by atoms with Gasteiger partial charge in [0.25, 0.3) is 0 Å². The Kier molecular flexibility index (Phi) is 6.45. The fourth-order valence-electron chi connectivity index (χ4n) is 4.07. The Labute approximate surface area is 174 Å². The second-order valence-electron chi connectivity index (χ2n) is 7.90. The van der Waals surface area contributed by atoms with Gasteiger partial charge in [-0.25, -0.2) is 17.2 Å². The van der Waals surface area contributed by atoms with Crippen molar-refractivity contribution >= 4 is 10.0 Å². The molecule has 3 heterocycles. The van der Waals surface area contributed by atoms with Crippen LogP contribution in [-0.2, 0) is 21.2 Å². The van der Waals surface area contributed by atoms with E-state index >= 15 is 0 Å². The molecular weight excluding hydrogens is 416 g/mol. The van der Waals surface area contributed by atoms with E-state index in [9.17, 15) is 17.2 Å². The maximum Gasteiger partial charge on any atom is 0.245 e. The van der Waals surface area contributed by atoms with Crippen LogP contribution in [0.25, 0.3) is 0 Å². The van der Waals surface area contributed by atoms with Gasteiger partial charge in [-0.2, -0.15) is 9.29 Å². The van der Waals surface area contributed by atoms with Gasteiger partial charge in [0.05, 0.1) is 0 Å². The van der Waals surface area contributed by atoms with Gasteiger partial charge in [-0.1, -0.05) is 5.16 Å². The quantitative estimate of drug-likeness (QED) is 0.684. The van der Waals surface area contributed by atoms with Crippen molar-refractivity contribution in [2.75, 3.05) is 26.3 Å². The van der Waals surface area contributed by atoms with Gasteiger partial charge in [0.2, 0.25) is 15.9 Å². The Morgan fingerprint density at radius 1 is 1.10 bits per heavy atom. The van der Waals surface area contributed by atoms with Crippen LogP contribution in [0.2, 0.25) is 0 Å². The molecule has 0 N–H and O–H groups in total. The third-order valence-corrected chi connectivity index (χ3v) is 7.85. The van der Waals surface area contributed by atoms with Crippen LogP contribution in [0.15, 0.2) is 27.6 Å². The van der Waals surface area contributed by atoms with Crippen LogP contribution in [0.5, 0.6) is 0 Å². The molecule has 1 aromatic carbocycles. The molecule has 4 rings (SSSR count). The van der Waals surface area contributed by atoms with E-state index in [1.807, 2.05) is 0 Å². The second-order valence-corrected chi connectivity index (χ2v) is 9.80. The molecule has 164 valence electrons. The first-order valence-corrected chi connectivity index (χ1v) is 11.7. The smallest absolute Gasteiger partial charge is 0.245 e. The van der Waals surface area contributed by atoms with Crippen molar-refractivity contribution in [2.24, 2.45) is 5.92 Å². The Morgan fingerprint density at radius 2 is 1.83 bits per heavy atom. The highest BCUT2D eigenvalue weighted by molar-refractivity contribution is 7.89. The number of nitrogens with zero attached hydrogens (tertiary/aromatic N) is 3. The third-order valence-electron chi connectivity index (χ3n) is 5.92. The monoisotopic (exact) mass is 441 g/mol. The van der Waals surface area contributed by atoms with Crippen molar-refractivity contribution in [3.63, 3.8) is 0 Å². The zero-order valence-corrected chi connectivity index (χ0v) is 17.4. The molecule has 0 amide bonds. The molecule has 2 aliphatic heterocycles. The van der Waals surface area contributed by atoms with E-state index in [-0.39, 0.29) is 5.92 Å². The van der Waals surface area contributed by atoms with Crippen molar-refractivity contribution in [3.05, 3.63) is 41.5 Å². The van der Waals surface area contributed by atoms with Gasteiger partial charge in [0.1, 0.15) is 16.5 Å². The van der Waals surface area contributed by atoms with Gasteiger partial charge in [-0.3, -0.25) is 0 Å². The van der Waals surface area contributed by atoms with Gasteiger partial charge < -0.3 is 9.26 Å². The first-order chi connectivity index (χ1) is 14.4. The van der Waals surface area contributed by atoms with E-state index in [1.54, 1.807) is 0 Å². The number of ether oxygens (including phenoxy) is 1. The molecule has 0 bridgehead atoms. The first-order valence-electron chi connectivity index (χ1n) is 10.3. The summed E-state index contributed by atoms with van der Waals surface area (Å²) < 4.78 is 64.4. The lowest BCUT2D eigenvalue weighted by atomic mass is 9.93. The molecule has 0 unspecified atom stereocenters. The molecule has 2 aliphatic rings. The SMILES string of the molecule is O=S(=O)(c1ccc(F)cc1F)N1CCC(CCc2noc(C3CCOCC3)n2)CC1. The number of rotatable bonds is 6. The van der Waals surface area contributed by atoms with Crippen molar-refractivity contribution in [2.45, 2.75) is 49.3 Å². The van der Waals surface area contributed by atoms with Crippen molar-refractivity contribution < 1.29 is 26.5 Å². The predicted molar refractivity (Wildman–Crippen MR) is 103 cm³/mol. The molecule has 0 saturated carbocycles. The van der Waals surface area contributed by atoms with Crippen LogP contribution < -0.4 is 0 Å². The van der Waals surface area contributed by atoms with Crippen LogP contribution in [0, 0.1) is 17.6 Å². The van der Waals surface area contributed by atoms with Crippen molar-refractivity contribution in [1.82, 2.24) is 14.4 Å². The summed E-state index contributed by atoms with van der Waals surface area (Å²) in [5.74, 6) is 0.0940. The molecule has 30 heavy (non-hydrogen) atoms. The molecule has 1 aromatic heterocycles. The molecule has 7 nitrogen and oxygen atoms in total. The molecule has 2 saturated heterocycles. The van der Waals surface area contributed by atoms with E-state index < -0.39 is 26.6 Å². The summed E-state index contributed by atoms with van der Waals surface area (Å²) in [4.78, 5) is 4.04. The van der Waals surface area contributed by atoms with Crippen LogP contribution >= 0.6 is 0 Å². The minimum Gasteiger partial charge on any atom is -0.381 e. The average molecular weight is 442 g/mol. The van der Waals surface area contributed by atoms with Gasteiger partial charge in [-0.05, 0) is 50.2 Å². The van der Waals surface area contributed by atoms with Gasteiger partial charge in [0, 0.05) is 44.7 Å². The number of piperidine rings is 1. The average Bonchev–Trinajstić information content (AvgIpc) is 3.22.